The molecule has 0 aliphatic carbocycles. The van der Waals surface area contributed by atoms with E-state index in [0.717, 1.165) is 0 Å². The summed E-state index contributed by atoms with van der Waals surface area (Å²) in [6.07, 6.45) is 0. The zero-order valence-electron chi connectivity index (χ0n) is 14.8. The molecule has 0 aliphatic heterocycles. The van der Waals surface area contributed by atoms with E-state index < -0.39 is 22.0 Å². The number of sulfonamides is 1. The number of carbonyl (C=O) groups is 2. The van der Waals surface area contributed by atoms with E-state index in [1.54, 1.807) is 20.8 Å². The molecular formula is C16H25N3O5S. The molecule has 8 nitrogen and oxygen atoms in total. The fourth-order valence-corrected chi connectivity index (χ4v) is 3.30. The molecule has 0 heterocycles. The van der Waals surface area contributed by atoms with Crippen LogP contribution in [0.4, 0.5) is 0 Å². The Morgan fingerprint density at radius 1 is 1.16 bits per heavy atom. The molecule has 9 heteroatoms. The number of likely N-dealkylation sites (N-methyl/N-ethyl adjacent to an activating group) is 1. The van der Waals surface area contributed by atoms with Crippen LogP contribution in [0.15, 0.2) is 29.2 Å². The predicted octanol–water partition coefficient (Wildman–Crippen LogP) is 0.254. The highest BCUT2D eigenvalue weighted by Gasteiger charge is 2.19. The molecule has 1 aromatic carbocycles. The summed E-state index contributed by atoms with van der Waals surface area (Å²) >= 11 is 0. The summed E-state index contributed by atoms with van der Waals surface area (Å²) in [6, 6.07) is 4.41. The summed E-state index contributed by atoms with van der Waals surface area (Å²) in [5.74, 6) is -0.741. The summed E-state index contributed by atoms with van der Waals surface area (Å²) in [7, 11) is -2.21. The standard InChI is InChI=1S/C16H25N3O5S/c1-5-17-15(20)12(3)18-16(21)13-6-8-14(9-7-13)25(22,23)19-11(2)10-24-4/h6-9,11-12,19H,5,10H2,1-4H3,(H,17,20)(H,18,21)/t11-,12+/m0/s1. The largest absolute Gasteiger partial charge is 0.383 e. The monoisotopic (exact) mass is 371 g/mol. The van der Waals surface area contributed by atoms with Gasteiger partial charge >= 0.3 is 0 Å². The fraction of sp³-hybridized carbons (Fsp3) is 0.500. The minimum atomic E-state index is -3.69. The lowest BCUT2D eigenvalue weighted by atomic mass is 10.2. The Bertz CT molecular complexity index is 688. The van der Waals surface area contributed by atoms with Gasteiger partial charge in [0.15, 0.2) is 0 Å². The van der Waals surface area contributed by atoms with Crippen LogP contribution in [0.25, 0.3) is 0 Å². The number of hydrogen-bond acceptors (Lipinski definition) is 5. The zero-order valence-corrected chi connectivity index (χ0v) is 15.6. The summed E-state index contributed by atoms with van der Waals surface area (Å²) in [5.41, 5.74) is 0.264. The Morgan fingerprint density at radius 3 is 2.28 bits per heavy atom. The average Bonchev–Trinajstić information content (AvgIpc) is 2.54. The number of benzene rings is 1. The first kappa shape index (κ1) is 21.1. The van der Waals surface area contributed by atoms with Crippen LogP contribution in [-0.4, -0.2) is 52.6 Å². The second-order valence-corrected chi connectivity index (χ2v) is 7.31. The molecule has 2 amide bonds. The normalized spacial score (nSPS) is 13.8. The number of hydrogen-bond donors (Lipinski definition) is 3. The van der Waals surface area contributed by atoms with E-state index in [0.29, 0.717) is 6.54 Å². The van der Waals surface area contributed by atoms with Crippen molar-refractivity contribution in [1.82, 2.24) is 15.4 Å². The van der Waals surface area contributed by atoms with E-state index in [4.69, 9.17) is 4.74 Å². The van der Waals surface area contributed by atoms with E-state index >= 15 is 0 Å². The minimum Gasteiger partial charge on any atom is -0.383 e. The number of amides is 2. The third-order valence-electron chi connectivity index (χ3n) is 3.29. The molecule has 140 valence electrons. The Labute approximate surface area is 148 Å². The summed E-state index contributed by atoms with van der Waals surface area (Å²) < 4.78 is 31.8. The Morgan fingerprint density at radius 2 is 1.76 bits per heavy atom. The summed E-state index contributed by atoms with van der Waals surface area (Å²) in [5, 5.41) is 5.16. The molecule has 0 radical (unpaired) electrons. The first-order chi connectivity index (χ1) is 11.7. The van der Waals surface area contributed by atoms with Crippen LogP contribution in [-0.2, 0) is 19.6 Å². The molecule has 0 spiro atoms. The second-order valence-electron chi connectivity index (χ2n) is 5.59. The Balaban J connectivity index is 2.78. The molecule has 2 atom stereocenters. The van der Waals surface area contributed by atoms with Crippen LogP contribution in [0.5, 0.6) is 0 Å². The number of nitrogens with one attached hydrogen (secondary N) is 3. The van der Waals surface area contributed by atoms with Gasteiger partial charge in [-0.1, -0.05) is 0 Å². The summed E-state index contributed by atoms with van der Waals surface area (Å²) in [6.45, 7) is 5.76. The van der Waals surface area contributed by atoms with Crippen molar-refractivity contribution in [3.8, 4) is 0 Å². The van der Waals surface area contributed by atoms with Crippen molar-refractivity contribution in [2.24, 2.45) is 0 Å². The number of carbonyl (C=O) groups excluding carboxylic acids is 2. The zero-order chi connectivity index (χ0) is 19.0. The Hall–Kier alpha value is -1.97. The van der Waals surface area contributed by atoms with Crippen molar-refractivity contribution in [1.29, 1.82) is 0 Å². The first-order valence-electron chi connectivity index (χ1n) is 7.91. The van der Waals surface area contributed by atoms with E-state index in [2.05, 4.69) is 15.4 Å². The van der Waals surface area contributed by atoms with Gasteiger partial charge in [0.2, 0.25) is 15.9 Å². The molecule has 0 fully saturated rings. The van der Waals surface area contributed by atoms with Gasteiger partial charge in [-0.05, 0) is 45.0 Å². The maximum absolute atomic E-state index is 12.2. The molecule has 0 saturated carbocycles. The van der Waals surface area contributed by atoms with Gasteiger partial charge in [-0.15, -0.1) is 0 Å². The van der Waals surface area contributed by atoms with Gasteiger partial charge in [-0.3, -0.25) is 9.59 Å². The molecule has 25 heavy (non-hydrogen) atoms. The third-order valence-corrected chi connectivity index (χ3v) is 4.90. The maximum atomic E-state index is 12.2. The van der Waals surface area contributed by atoms with Crippen LogP contribution >= 0.6 is 0 Å². The molecule has 3 N–H and O–H groups in total. The molecule has 0 aromatic heterocycles. The van der Waals surface area contributed by atoms with Gasteiger partial charge in [0.1, 0.15) is 6.04 Å². The highest BCUT2D eigenvalue weighted by atomic mass is 32.2. The lowest BCUT2D eigenvalue weighted by Crippen LogP contribution is -2.44. The first-order valence-corrected chi connectivity index (χ1v) is 9.39. The molecule has 1 rings (SSSR count). The molecule has 0 bridgehead atoms. The van der Waals surface area contributed by atoms with Gasteiger partial charge in [-0.2, -0.15) is 0 Å². The van der Waals surface area contributed by atoms with Crippen LogP contribution in [0, 0.1) is 0 Å². The molecule has 0 unspecified atom stereocenters. The van der Waals surface area contributed by atoms with E-state index in [9.17, 15) is 18.0 Å². The van der Waals surface area contributed by atoms with Crippen molar-refractivity contribution in [2.75, 3.05) is 20.3 Å². The predicted molar refractivity (Wildman–Crippen MR) is 93.7 cm³/mol. The van der Waals surface area contributed by atoms with Gasteiger partial charge < -0.3 is 15.4 Å². The topological polar surface area (TPSA) is 114 Å². The molecule has 0 saturated heterocycles. The van der Waals surface area contributed by atoms with Crippen molar-refractivity contribution in [3.05, 3.63) is 29.8 Å². The van der Waals surface area contributed by atoms with E-state index in [1.807, 2.05) is 0 Å². The van der Waals surface area contributed by atoms with Crippen molar-refractivity contribution in [2.45, 2.75) is 37.8 Å². The van der Waals surface area contributed by atoms with Crippen LogP contribution in [0.2, 0.25) is 0 Å². The lowest BCUT2D eigenvalue weighted by Gasteiger charge is -2.14. The maximum Gasteiger partial charge on any atom is 0.251 e. The van der Waals surface area contributed by atoms with E-state index in [1.165, 1.54) is 31.4 Å². The number of methoxy groups -OCH3 is 1. The highest BCUT2D eigenvalue weighted by Crippen LogP contribution is 2.11. The fourth-order valence-electron chi connectivity index (χ4n) is 2.08. The third kappa shape index (κ3) is 6.45. The second kappa shape index (κ2) is 9.50. The Kier molecular flexibility index (Phi) is 8.01. The van der Waals surface area contributed by atoms with E-state index in [-0.39, 0.29) is 29.0 Å². The molecule has 1 aromatic rings. The number of ether oxygens (including phenoxy) is 1. The van der Waals surface area contributed by atoms with Gasteiger partial charge in [-0.25, -0.2) is 13.1 Å². The van der Waals surface area contributed by atoms with Crippen molar-refractivity contribution < 1.29 is 22.7 Å². The van der Waals surface area contributed by atoms with Gasteiger partial charge in [0.05, 0.1) is 11.5 Å². The lowest BCUT2D eigenvalue weighted by molar-refractivity contribution is -0.122. The smallest absolute Gasteiger partial charge is 0.251 e. The van der Waals surface area contributed by atoms with Gasteiger partial charge in [0, 0.05) is 25.3 Å². The van der Waals surface area contributed by atoms with Crippen LogP contribution < -0.4 is 15.4 Å². The van der Waals surface area contributed by atoms with Crippen LogP contribution in [0.1, 0.15) is 31.1 Å². The van der Waals surface area contributed by atoms with Crippen molar-refractivity contribution >= 4 is 21.8 Å². The van der Waals surface area contributed by atoms with Crippen LogP contribution in [0.3, 0.4) is 0 Å². The highest BCUT2D eigenvalue weighted by molar-refractivity contribution is 7.89. The minimum absolute atomic E-state index is 0.0452. The summed E-state index contributed by atoms with van der Waals surface area (Å²) in [4.78, 5) is 23.8. The molecule has 0 aliphatic rings. The molecular weight excluding hydrogens is 346 g/mol. The van der Waals surface area contributed by atoms with Crippen molar-refractivity contribution in [3.63, 3.8) is 0 Å². The quantitative estimate of drug-likeness (QED) is 0.576. The SMILES string of the molecule is CCNC(=O)[C@@H](C)NC(=O)c1ccc(S(=O)(=O)N[C@@H](C)COC)cc1. The van der Waals surface area contributed by atoms with Gasteiger partial charge in [0.25, 0.3) is 5.91 Å². The number of rotatable bonds is 9. The average molecular weight is 371 g/mol.